The number of Topliss-reactive ketones (excluding diaryl/α,β-unsaturated/α-hetero) is 4. The summed E-state index contributed by atoms with van der Waals surface area (Å²) in [5.74, 6) is -0.928. The van der Waals surface area contributed by atoms with Crippen molar-refractivity contribution in [3.05, 3.63) is 104 Å². The van der Waals surface area contributed by atoms with Crippen LogP contribution >= 0.6 is 34.0 Å². The molecular weight excluding hydrogens is 497 g/mol. The van der Waals surface area contributed by atoms with Crippen LogP contribution in [0.15, 0.2) is 71.8 Å². The Labute approximate surface area is 210 Å². The average Bonchev–Trinajstić information content (AvgIpc) is 3.62. The normalized spacial score (nSPS) is 15.0. The van der Waals surface area contributed by atoms with E-state index in [1.807, 2.05) is 12.1 Å². The summed E-state index contributed by atoms with van der Waals surface area (Å²) in [5.41, 5.74) is 2.23. The quantitative estimate of drug-likeness (QED) is 0.188. The van der Waals surface area contributed by atoms with Gasteiger partial charge in [0.05, 0.1) is 20.5 Å². The number of carbonyl (C=O) groups excluding carboxylic acids is 4. The highest BCUT2D eigenvalue weighted by Crippen LogP contribution is 2.45. The molecule has 4 nitrogen and oxygen atoms in total. The van der Waals surface area contributed by atoms with Crippen LogP contribution in [0, 0.1) is 0 Å². The molecular formula is C28H12O4S3. The zero-order chi connectivity index (χ0) is 23.8. The van der Waals surface area contributed by atoms with Crippen LogP contribution in [0.5, 0.6) is 0 Å². The average molecular weight is 509 g/mol. The largest absolute Gasteiger partial charge is 0.288 e. The summed E-state index contributed by atoms with van der Waals surface area (Å²) in [6.45, 7) is 0. The van der Waals surface area contributed by atoms with E-state index in [2.05, 4.69) is 0 Å². The van der Waals surface area contributed by atoms with E-state index < -0.39 is 0 Å². The molecule has 0 unspecified atom stereocenters. The Bertz CT molecular complexity index is 1660. The number of ketones is 4. The van der Waals surface area contributed by atoms with Crippen molar-refractivity contribution in [1.82, 2.24) is 0 Å². The van der Waals surface area contributed by atoms with Gasteiger partial charge in [0.1, 0.15) is 0 Å². The molecule has 0 saturated heterocycles. The lowest BCUT2D eigenvalue weighted by Crippen LogP contribution is -1.99. The molecule has 0 spiro atoms. The number of rotatable bonds is 2. The van der Waals surface area contributed by atoms with Gasteiger partial charge in [0.2, 0.25) is 0 Å². The maximum absolute atomic E-state index is 12.7. The van der Waals surface area contributed by atoms with E-state index in [0.29, 0.717) is 22.3 Å². The Hall–Kier alpha value is -3.78. The van der Waals surface area contributed by atoms with Gasteiger partial charge in [0, 0.05) is 41.4 Å². The summed E-state index contributed by atoms with van der Waals surface area (Å²) in [4.78, 5) is 52.7. The molecule has 0 atom stereocenters. The second-order valence-corrected chi connectivity index (χ2v) is 11.6. The first kappa shape index (κ1) is 20.6. The van der Waals surface area contributed by atoms with Gasteiger partial charge in [0.15, 0.2) is 23.1 Å². The summed E-state index contributed by atoms with van der Waals surface area (Å²) < 4.78 is 4.32. The van der Waals surface area contributed by atoms with E-state index in [1.54, 1.807) is 72.0 Å². The second-order valence-electron chi connectivity index (χ2n) is 8.31. The molecule has 166 valence electrons. The van der Waals surface area contributed by atoms with E-state index in [1.165, 1.54) is 22.7 Å². The highest BCUT2D eigenvalue weighted by Gasteiger charge is 2.34. The molecule has 2 aliphatic carbocycles. The fourth-order valence-corrected chi connectivity index (χ4v) is 8.53. The third-order valence-corrected chi connectivity index (χ3v) is 9.92. The van der Waals surface area contributed by atoms with Crippen LogP contribution in [-0.4, -0.2) is 23.1 Å². The lowest BCUT2D eigenvalue weighted by Gasteiger charge is -1.91. The van der Waals surface area contributed by atoms with E-state index in [9.17, 15) is 19.2 Å². The summed E-state index contributed by atoms with van der Waals surface area (Å²) >= 11 is 4.69. The maximum Gasteiger partial charge on any atom is 0.197 e. The minimum Gasteiger partial charge on any atom is -0.288 e. The van der Waals surface area contributed by atoms with Crippen LogP contribution in [0.3, 0.4) is 0 Å². The first-order chi connectivity index (χ1) is 17.0. The first-order valence-corrected chi connectivity index (χ1v) is 13.2. The second kappa shape index (κ2) is 7.36. The molecule has 3 heterocycles. The number of benzene rings is 2. The molecule has 7 heteroatoms. The smallest absolute Gasteiger partial charge is 0.197 e. The summed E-state index contributed by atoms with van der Waals surface area (Å²) in [6, 6.07) is 17.8. The van der Waals surface area contributed by atoms with Crippen LogP contribution in [0.25, 0.3) is 31.0 Å². The lowest BCUT2D eigenvalue weighted by atomic mass is 10.1. The van der Waals surface area contributed by atoms with Gasteiger partial charge in [-0.3, -0.25) is 19.2 Å². The minimum atomic E-state index is -0.232. The number of hydrogen-bond donors (Lipinski definition) is 0. The fourth-order valence-electron chi connectivity index (χ4n) is 4.61. The van der Waals surface area contributed by atoms with Gasteiger partial charge in [-0.2, -0.15) is 0 Å². The molecule has 0 fully saturated rings. The van der Waals surface area contributed by atoms with Gasteiger partial charge in [-0.15, -0.1) is 34.0 Å². The molecule has 0 amide bonds. The Morgan fingerprint density at radius 2 is 0.829 bits per heavy atom. The standard InChI is InChI=1S/C28H12O4S3/c29-23-15-5-1-2-6-16(15)24(30)19(23)9-13-11-21-27(33-13)28-22(35-21)12-14(34-28)10-20-25(31)17-7-3-4-8-18(17)26(20)32/h1-12H. The van der Waals surface area contributed by atoms with Crippen molar-refractivity contribution in [3.8, 4) is 0 Å². The van der Waals surface area contributed by atoms with Gasteiger partial charge in [-0.1, -0.05) is 48.5 Å². The predicted molar refractivity (Wildman–Crippen MR) is 141 cm³/mol. The SMILES string of the molecule is O=C1C(=Cc2cc3sc4cc(C=C5C(=O)c6ccccc6C5=O)sc4c3s2)C(=O)c2ccccc21. The van der Waals surface area contributed by atoms with Gasteiger partial charge >= 0.3 is 0 Å². The Kier molecular flexibility index (Phi) is 4.33. The van der Waals surface area contributed by atoms with Gasteiger partial charge in [-0.05, 0) is 24.3 Å². The molecule has 7 rings (SSSR count). The van der Waals surface area contributed by atoms with Gasteiger partial charge < -0.3 is 0 Å². The number of thiophene rings is 3. The van der Waals surface area contributed by atoms with Crippen molar-refractivity contribution in [3.63, 3.8) is 0 Å². The van der Waals surface area contributed by atoms with Crippen molar-refractivity contribution in [2.24, 2.45) is 0 Å². The van der Waals surface area contributed by atoms with Crippen molar-refractivity contribution in [2.75, 3.05) is 0 Å². The zero-order valence-corrected chi connectivity index (χ0v) is 20.2. The third kappa shape index (κ3) is 2.96. The van der Waals surface area contributed by atoms with Crippen LogP contribution in [0.2, 0.25) is 0 Å². The zero-order valence-electron chi connectivity index (χ0n) is 17.8. The molecule has 2 aliphatic rings. The Balaban J connectivity index is 1.26. The van der Waals surface area contributed by atoms with Crippen molar-refractivity contribution >= 4 is 88.1 Å². The van der Waals surface area contributed by atoms with Crippen molar-refractivity contribution < 1.29 is 19.2 Å². The van der Waals surface area contributed by atoms with Gasteiger partial charge in [0.25, 0.3) is 0 Å². The molecule has 0 N–H and O–H groups in total. The summed E-state index contributed by atoms with van der Waals surface area (Å²) in [6.07, 6.45) is 3.38. The molecule has 35 heavy (non-hydrogen) atoms. The Morgan fingerprint density at radius 1 is 0.486 bits per heavy atom. The summed E-state index contributed by atoms with van der Waals surface area (Å²) in [7, 11) is 0. The highest BCUT2D eigenvalue weighted by molar-refractivity contribution is 7.38. The van der Waals surface area contributed by atoms with E-state index in [0.717, 1.165) is 28.6 Å². The number of allylic oxidation sites excluding steroid dienone is 2. The fraction of sp³-hybridized carbons (Fsp3) is 0. The molecule has 0 radical (unpaired) electrons. The van der Waals surface area contributed by atoms with Gasteiger partial charge in [-0.25, -0.2) is 0 Å². The number of carbonyl (C=O) groups is 4. The van der Waals surface area contributed by atoms with E-state index in [4.69, 9.17) is 0 Å². The molecule has 5 aromatic rings. The van der Waals surface area contributed by atoms with Crippen molar-refractivity contribution in [1.29, 1.82) is 0 Å². The maximum atomic E-state index is 12.7. The van der Waals surface area contributed by atoms with Crippen LogP contribution in [0.1, 0.15) is 51.2 Å². The lowest BCUT2D eigenvalue weighted by molar-refractivity contribution is 0.0975. The molecule has 0 aliphatic heterocycles. The molecule has 3 aromatic heterocycles. The molecule has 0 saturated carbocycles. The molecule has 0 bridgehead atoms. The monoisotopic (exact) mass is 508 g/mol. The van der Waals surface area contributed by atoms with Crippen molar-refractivity contribution in [2.45, 2.75) is 0 Å². The number of hydrogen-bond acceptors (Lipinski definition) is 7. The number of fused-ring (bicyclic) bond motifs is 5. The van der Waals surface area contributed by atoms with Crippen LogP contribution in [-0.2, 0) is 0 Å². The first-order valence-electron chi connectivity index (χ1n) is 10.8. The van der Waals surface area contributed by atoms with Crippen LogP contribution < -0.4 is 0 Å². The van der Waals surface area contributed by atoms with E-state index in [-0.39, 0.29) is 34.3 Å². The predicted octanol–water partition coefficient (Wildman–Crippen LogP) is 7.10. The van der Waals surface area contributed by atoms with E-state index >= 15 is 0 Å². The topological polar surface area (TPSA) is 68.3 Å². The van der Waals surface area contributed by atoms with Crippen LogP contribution in [0.4, 0.5) is 0 Å². The highest BCUT2D eigenvalue weighted by atomic mass is 32.1. The minimum absolute atomic E-state index is 0.200. The Morgan fingerprint density at radius 3 is 1.17 bits per heavy atom. The third-order valence-electron chi connectivity index (χ3n) is 6.24. The molecule has 2 aromatic carbocycles. The summed E-state index contributed by atoms with van der Waals surface area (Å²) in [5, 5.41) is 0.